The molecule has 1 aromatic heterocycles. The quantitative estimate of drug-likeness (QED) is 0.906. The predicted octanol–water partition coefficient (Wildman–Crippen LogP) is 3.08. The Morgan fingerprint density at radius 2 is 2.08 bits per heavy atom. The van der Waals surface area contributed by atoms with Gasteiger partial charge in [-0.05, 0) is 43.0 Å². The van der Waals surface area contributed by atoms with Crippen LogP contribution in [-0.4, -0.2) is 28.5 Å². The number of hydrogen-bond acceptors (Lipinski definition) is 4. The van der Waals surface area contributed by atoms with Crippen molar-refractivity contribution in [3.05, 3.63) is 47.7 Å². The first kappa shape index (κ1) is 16.7. The maximum atomic E-state index is 12.0. The van der Waals surface area contributed by atoms with Crippen LogP contribution in [0.5, 0.6) is 0 Å². The molecule has 2 aromatic rings. The van der Waals surface area contributed by atoms with Gasteiger partial charge in [0.2, 0.25) is 5.91 Å². The Morgan fingerprint density at radius 1 is 1.32 bits per heavy atom. The van der Waals surface area contributed by atoms with Crippen LogP contribution in [-0.2, 0) is 4.79 Å². The summed E-state index contributed by atoms with van der Waals surface area (Å²) >= 11 is 0. The summed E-state index contributed by atoms with van der Waals surface area (Å²) < 4.78 is 0. The van der Waals surface area contributed by atoms with Crippen LogP contribution in [0.3, 0.4) is 0 Å². The van der Waals surface area contributed by atoms with Crippen molar-refractivity contribution in [2.75, 3.05) is 11.4 Å². The summed E-state index contributed by atoms with van der Waals surface area (Å²) in [4.78, 5) is 28.7. The Kier molecular flexibility index (Phi) is 4.48. The van der Waals surface area contributed by atoms with Gasteiger partial charge in [0.15, 0.2) is 0 Å². The average Bonchev–Trinajstić information content (AvgIpc) is 3.43. The smallest absolute Gasteiger partial charge is 0.337 e. The van der Waals surface area contributed by atoms with E-state index in [0.29, 0.717) is 35.0 Å². The van der Waals surface area contributed by atoms with Crippen molar-refractivity contribution in [3.63, 3.8) is 0 Å². The molecule has 1 aliphatic carbocycles. The number of hydrogen-bond donors (Lipinski definition) is 1. The third-order valence-corrected chi connectivity index (χ3v) is 4.23. The zero-order valence-electron chi connectivity index (χ0n) is 13.8. The molecule has 1 amide bonds. The lowest BCUT2D eigenvalue weighted by molar-refractivity contribution is -0.116. The number of benzene rings is 1. The second-order valence-electron chi connectivity index (χ2n) is 6.15. The van der Waals surface area contributed by atoms with Crippen LogP contribution >= 0.6 is 0 Å². The first-order valence-corrected chi connectivity index (χ1v) is 8.01. The number of anilines is 1. The molecule has 0 radical (unpaired) electrons. The summed E-state index contributed by atoms with van der Waals surface area (Å²) in [5, 5.41) is 18.4. The fraction of sp³-hybridized carbons (Fsp3) is 0.263. The van der Waals surface area contributed by atoms with Crippen LogP contribution in [0, 0.1) is 17.2 Å². The number of nitrogens with zero attached hydrogens (tertiary/aromatic N) is 3. The molecule has 126 valence electrons. The molecule has 1 aliphatic rings. The minimum Gasteiger partial charge on any atom is -0.478 e. The van der Waals surface area contributed by atoms with Gasteiger partial charge in [-0.1, -0.05) is 6.07 Å². The van der Waals surface area contributed by atoms with Gasteiger partial charge in [0.25, 0.3) is 0 Å². The van der Waals surface area contributed by atoms with E-state index in [0.717, 1.165) is 12.8 Å². The molecule has 1 N–H and O–H groups in total. The van der Waals surface area contributed by atoms with Crippen LogP contribution < -0.4 is 4.90 Å². The molecule has 0 atom stereocenters. The van der Waals surface area contributed by atoms with Crippen molar-refractivity contribution in [2.45, 2.75) is 19.8 Å². The number of carbonyl (C=O) groups excluding carboxylic acids is 1. The molecule has 1 saturated carbocycles. The number of carboxylic acids is 1. The van der Waals surface area contributed by atoms with E-state index in [1.54, 1.807) is 29.2 Å². The highest BCUT2D eigenvalue weighted by atomic mass is 16.4. The van der Waals surface area contributed by atoms with Gasteiger partial charge in [-0.2, -0.15) is 5.26 Å². The SMILES string of the molecule is CC(=O)N(CC1CC1)c1ccc(-c2ccc(C(=O)O)cn2)cc1C#N. The highest BCUT2D eigenvalue weighted by Gasteiger charge is 2.27. The maximum absolute atomic E-state index is 12.0. The van der Waals surface area contributed by atoms with E-state index in [-0.39, 0.29) is 11.5 Å². The number of rotatable bonds is 5. The van der Waals surface area contributed by atoms with Gasteiger partial charge in [0.1, 0.15) is 6.07 Å². The van der Waals surface area contributed by atoms with E-state index >= 15 is 0 Å². The highest BCUT2D eigenvalue weighted by Crippen LogP contribution is 2.33. The molecule has 0 unspecified atom stereocenters. The van der Waals surface area contributed by atoms with Crippen molar-refractivity contribution < 1.29 is 14.7 Å². The van der Waals surface area contributed by atoms with Crippen molar-refractivity contribution >= 4 is 17.6 Å². The third-order valence-electron chi connectivity index (χ3n) is 4.23. The van der Waals surface area contributed by atoms with Gasteiger partial charge in [-0.3, -0.25) is 9.78 Å². The van der Waals surface area contributed by atoms with Crippen LogP contribution in [0.15, 0.2) is 36.5 Å². The van der Waals surface area contributed by atoms with Gasteiger partial charge < -0.3 is 10.0 Å². The predicted molar refractivity (Wildman–Crippen MR) is 92.1 cm³/mol. The summed E-state index contributed by atoms with van der Waals surface area (Å²) in [6, 6.07) is 10.5. The van der Waals surface area contributed by atoms with Crippen LogP contribution in [0.2, 0.25) is 0 Å². The van der Waals surface area contributed by atoms with Crippen molar-refractivity contribution in [1.82, 2.24) is 4.98 Å². The number of aromatic carboxylic acids is 1. The van der Waals surface area contributed by atoms with Crippen molar-refractivity contribution in [1.29, 1.82) is 5.26 Å². The minimum atomic E-state index is -1.04. The molecule has 25 heavy (non-hydrogen) atoms. The fourth-order valence-corrected chi connectivity index (χ4v) is 2.67. The van der Waals surface area contributed by atoms with Crippen LogP contribution in [0.25, 0.3) is 11.3 Å². The molecule has 0 saturated heterocycles. The number of amides is 1. The molecule has 1 fully saturated rings. The molecule has 3 rings (SSSR count). The first-order chi connectivity index (χ1) is 12.0. The monoisotopic (exact) mass is 335 g/mol. The van der Waals surface area contributed by atoms with Gasteiger partial charge in [0, 0.05) is 25.2 Å². The van der Waals surface area contributed by atoms with Gasteiger partial charge in [-0.15, -0.1) is 0 Å². The molecule has 6 heteroatoms. The summed E-state index contributed by atoms with van der Waals surface area (Å²) in [5.41, 5.74) is 2.38. The Bertz CT molecular complexity index is 864. The summed E-state index contributed by atoms with van der Waals surface area (Å²) in [5.74, 6) is -0.607. The highest BCUT2D eigenvalue weighted by molar-refractivity contribution is 5.93. The lowest BCUT2D eigenvalue weighted by Gasteiger charge is -2.22. The third kappa shape index (κ3) is 3.66. The standard InChI is InChI=1S/C19H17N3O3/c1-12(23)22(11-13-2-3-13)18-7-5-14(8-16(18)9-20)17-6-4-15(10-21-17)19(24)25/h4-8,10,13H,2-3,11H2,1H3,(H,24,25). The van der Waals surface area contributed by atoms with Crippen molar-refractivity contribution in [2.24, 2.45) is 5.92 Å². The molecule has 0 aliphatic heterocycles. The number of nitriles is 1. The first-order valence-electron chi connectivity index (χ1n) is 8.01. The van der Waals surface area contributed by atoms with E-state index in [1.807, 2.05) is 0 Å². The summed E-state index contributed by atoms with van der Waals surface area (Å²) in [6.45, 7) is 2.14. The Labute approximate surface area is 145 Å². The molecule has 0 spiro atoms. The molecular formula is C19H17N3O3. The van der Waals surface area contributed by atoms with E-state index in [9.17, 15) is 14.9 Å². The largest absolute Gasteiger partial charge is 0.478 e. The second kappa shape index (κ2) is 6.73. The average molecular weight is 335 g/mol. The van der Waals surface area contributed by atoms with Crippen LogP contribution in [0.1, 0.15) is 35.7 Å². The zero-order valence-corrected chi connectivity index (χ0v) is 13.8. The molecule has 0 bridgehead atoms. The van der Waals surface area contributed by atoms with E-state index < -0.39 is 5.97 Å². The summed E-state index contributed by atoms with van der Waals surface area (Å²) in [6.07, 6.45) is 3.51. The zero-order chi connectivity index (χ0) is 18.0. The number of carbonyl (C=O) groups is 2. The Balaban J connectivity index is 1.94. The maximum Gasteiger partial charge on any atom is 0.337 e. The van der Waals surface area contributed by atoms with Gasteiger partial charge >= 0.3 is 5.97 Å². The van der Waals surface area contributed by atoms with Crippen molar-refractivity contribution in [3.8, 4) is 17.3 Å². The number of pyridine rings is 1. The Morgan fingerprint density at radius 3 is 2.60 bits per heavy atom. The van der Waals surface area contributed by atoms with Gasteiger partial charge in [-0.25, -0.2) is 4.79 Å². The normalized spacial score (nSPS) is 13.1. The molecular weight excluding hydrogens is 318 g/mol. The molecule has 6 nitrogen and oxygen atoms in total. The van der Waals surface area contributed by atoms with Crippen LogP contribution in [0.4, 0.5) is 5.69 Å². The van der Waals surface area contributed by atoms with E-state index in [2.05, 4.69) is 11.1 Å². The van der Waals surface area contributed by atoms with Gasteiger partial charge in [0.05, 0.1) is 22.5 Å². The van der Waals surface area contributed by atoms with E-state index in [1.165, 1.54) is 19.2 Å². The summed E-state index contributed by atoms with van der Waals surface area (Å²) in [7, 11) is 0. The number of carboxylic acid groups (broad SMARTS) is 1. The lowest BCUT2D eigenvalue weighted by Crippen LogP contribution is -2.31. The Hall–Kier alpha value is -3.20. The number of aromatic nitrogens is 1. The van der Waals surface area contributed by atoms with E-state index in [4.69, 9.17) is 5.11 Å². The topological polar surface area (TPSA) is 94.3 Å². The molecule has 1 aromatic carbocycles. The fourth-order valence-electron chi connectivity index (χ4n) is 2.67. The second-order valence-corrected chi connectivity index (χ2v) is 6.15. The lowest BCUT2D eigenvalue weighted by atomic mass is 10.0. The molecule has 1 heterocycles. The minimum absolute atomic E-state index is 0.0833.